The van der Waals surface area contributed by atoms with Gasteiger partial charge < -0.3 is 14.2 Å². The van der Waals surface area contributed by atoms with E-state index in [2.05, 4.69) is 57.2 Å². The van der Waals surface area contributed by atoms with E-state index in [1.54, 1.807) is 0 Å². The lowest BCUT2D eigenvalue weighted by molar-refractivity contribution is -0.167. The first-order valence-corrected chi connectivity index (χ1v) is 28.5. The van der Waals surface area contributed by atoms with Gasteiger partial charge in [0, 0.05) is 19.3 Å². The van der Waals surface area contributed by atoms with E-state index in [0.29, 0.717) is 19.3 Å². The molecule has 1 atom stereocenters. The van der Waals surface area contributed by atoms with Crippen molar-refractivity contribution in [3.63, 3.8) is 0 Å². The third-order valence-corrected chi connectivity index (χ3v) is 12.6. The minimum absolute atomic E-state index is 0.0797. The number of esters is 3. The molecule has 0 aliphatic rings. The maximum Gasteiger partial charge on any atom is 0.306 e. The summed E-state index contributed by atoms with van der Waals surface area (Å²) in [5.41, 5.74) is 0. The molecule has 0 aliphatic heterocycles. The Labute approximate surface area is 404 Å². The van der Waals surface area contributed by atoms with Gasteiger partial charge in [-0.25, -0.2) is 0 Å². The van der Waals surface area contributed by atoms with Crippen LogP contribution in [0.15, 0.2) is 36.5 Å². The molecule has 0 bridgehead atoms. The predicted octanol–water partition coefficient (Wildman–Crippen LogP) is 18.9. The normalized spacial score (nSPS) is 12.2. The number of allylic oxidation sites excluding steroid dienone is 6. The number of hydrogen-bond donors (Lipinski definition) is 0. The van der Waals surface area contributed by atoms with Crippen LogP contribution < -0.4 is 0 Å². The van der Waals surface area contributed by atoms with Crippen molar-refractivity contribution in [1.29, 1.82) is 0 Å². The molecule has 0 heterocycles. The Morgan fingerprint density at radius 1 is 0.308 bits per heavy atom. The topological polar surface area (TPSA) is 78.9 Å². The first-order chi connectivity index (χ1) is 32.0. The quantitative estimate of drug-likeness (QED) is 0.0199. The molecule has 0 amide bonds. The number of hydrogen-bond acceptors (Lipinski definition) is 6. The Morgan fingerprint density at radius 3 is 0.923 bits per heavy atom. The molecule has 0 rings (SSSR count). The number of ether oxygens (including phenoxy) is 3. The van der Waals surface area contributed by atoms with Crippen molar-refractivity contribution in [2.24, 2.45) is 0 Å². The first-order valence-electron chi connectivity index (χ1n) is 28.5. The average molecular weight is 914 g/mol. The third-order valence-electron chi connectivity index (χ3n) is 12.6. The highest BCUT2D eigenvalue weighted by molar-refractivity contribution is 5.71. The summed E-state index contributed by atoms with van der Waals surface area (Å²) in [5, 5.41) is 0. The van der Waals surface area contributed by atoms with Gasteiger partial charge in [0.05, 0.1) is 0 Å². The van der Waals surface area contributed by atoms with Crippen molar-refractivity contribution < 1.29 is 28.6 Å². The van der Waals surface area contributed by atoms with Crippen LogP contribution in [-0.4, -0.2) is 37.2 Å². The molecule has 0 saturated heterocycles. The van der Waals surface area contributed by atoms with Gasteiger partial charge in [-0.15, -0.1) is 0 Å². The van der Waals surface area contributed by atoms with Gasteiger partial charge in [0.25, 0.3) is 0 Å². The Kier molecular flexibility index (Phi) is 52.3. The number of rotatable bonds is 52. The molecular formula is C59H108O6. The predicted molar refractivity (Wildman–Crippen MR) is 279 cm³/mol. The molecular weight excluding hydrogens is 805 g/mol. The fourth-order valence-electron chi connectivity index (χ4n) is 8.30. The molecule has 0 spiro atoms. The van der Waals surface area contributed by atoms with Crippen LogP contribution in [0.1, 0.15) is 303 Å². The fraction of sp³-hybridized carbons (Fsp3) is 0.847. The Morgan fingerprint density at radius 2 is 0.569 bits per heavy atom. The molecule has 0 aromatic rings. The van der Waals surface area contributed by atoms with Crippen molar-refractivity contribution in [2.75, 3.05) is 13.2 Å². The Balaban J connectivity index is 4.31. The summed E-state index contributed by atoms with van der Waals surface area (Å²) in [7, 11) is 0. The molecule has 0 aliphatic carbocycles. The minimum Gasteiger partial charge on any atom is -0.462 e. The summed E-state index contributed by atoms with van der Waals surface area (Å²) in [4.78, 5) is 38.1. The van der Waals surface area contributed by atoms with Crippen molar-refractivity contribution in [3.8, 4) is 0 Å². The van der Waals surface area contributed by atoms with Crippen molar-refractivity contribution in [1.82, 2.24) is 0 Å². The molecule has 6 heteroatoms. The maximum absolute atomic E-state index is 12.8. The second-order valence-corrected chi connectivity index (χ2v) is 19.2. The molecule has 0 aromatic heterocycles. The first kappa shape index (κ1) is 62.6. The van der Waals surface area contributed by atoms with Crippen molar-refractivity contribution >= 4 is 17.9 Å². The van der Waals surface area contributed by atoms with E-state index in [1.165, 1.54) is 193 Å². The van der Waals surface area contributed by atoms with Crippen LogP contribution in [0.3, 0.4) is 0 Å². The van der Waals surface area contributed by atoms with E-state index in [1.807, 2.05) is 0 Å². The monoisotopic (exact) mass is 913 g/mol. The van der Waals surface area contributed by atoms with Crippen LogP contribution in [0, 0.1) is 0 Å². The maximum atomic E-state index is 12.8. The van der Waals surface area contributed by atoms with Crippen LogP contribution in [0.5, 0.6) is 0 Å². The number of carbonyl (C=O) groups is 3. The zero-order chi connectivity index (χ0) is 47.2. The zero-order valence-electron chi connectivity index (χ0n) is 43.5. The highest BCUT2D eigenvalue weighted by Gasteiger charge is 2.19. The molecule has 0 aromatic carbocycles. The van der Waals surface area contributed by atoms with Gasteiger partial charge in [-0.1, -0.05) is 256 Å². The highest BCUT2D eigenvalue weighted by atomic mass is 16.6. The molecule has 1 unspecified atom stereocenters. The van der Waals surface area contributed by atoms with E-state index >= 15 is 0 Å². The number of carbonyl (C=O) groups excluding carboxylic acids is 3. The van der Waals surface area contributed by atoms with E-state index < -0.39 is 6.10 Å². The Hall–Kier alpha value is -2.37. The highest BCUT2D eigenvalue weighted by Crippen LogP contribution is 2.16. The van der Waals surface area contributed by atoms with Gasteiger partial charge in [0.15, 0.2) is 6.10 Å². The zero-order valence-corrected chi connectivity index (χ0v) is 43.5. The van der Waals surface area contributed by atoms with Crippen LogP contribution in [-0.2, 0) is 28.6 Å². The minimum atomic E-state index is -0.781. The van der Waals surface area contributed by atoms with Gasteiger partial charge in [0.1, 0.15) is 13.2 Å². The summed E-state index contributed by atoms with van der Waals surface area (Å²) < 4.78 is 16.8. The summed E-state index contributed by atoms with van der Waals surface area (Å²) >= 11 is 0. The van der Waals surface area contributed by atoms with E-state index in [-0.39, 0.29) is 31.1 Å². The molecule has 0 radical (unpaired) electrons. The molecule has 0 fully saturated rings. The molecule has 65 heavy (non-hydrogen) atoms. The van der Waals surface area contributed by atoms with Crippen molar-refractivity contribution in [3.05, 3.63) is 36.5 Å². The number of unbranched alkanes of at least 4 members (excludes halogenated alkanes) is 36. The van der Waals surface area contributed by atoms with Gasteiger partial charge in [-0.3, -0.25) is 14.4 Å². The van der Waals surface area contributed by atoms with Gasteiger partial charge >= 0.3 is 17.9 Å². The lowest BCUT2D eigenvalue weighted by Crippen LogP contribution is -2.30. The second-order valence-electron chi connectivity index (χ2n) is 19.2. The second kappa shape index (κ2) is 54.2. The van der Waals surface area contributed by atoms with Crippen LogP contribution in [0.25, 0.3) is 0 Å². The Bertz CT molecular complexity index is 1090. The lowest BCUT2D eigenvalue weighted by Gasteiger charge is -2.18. The third kappa shape index (κ3) is 52.5. The fourth-order valence-corrected chi connectivity index (χ4v) is 8.30. The van der Waals surface area contributed by atoms with Gasteiger partial charge in [-0.2, -0.15) is 0 Å². The SMILES string of the molecule is CCCC/C=C\C=C/CCCCCC(=O)OCC(COC(=O)CCCCCCCCC/C=C\CCCCCCCCCC)OC(=O)CCCCCCCCCCCCCCCCCCC. The van der Waals surface area contributed by atoms with Gasteiger partial charge in [0.2, 0.25) is 0 Å². The van der Waals surface area contributed by atoms with E-state index in [9.17, 15) is 14.4 Å². The summed E-state index contributed by atoms with van der Waals surface area (Å²) in [6, 6.07) is 0. The van der Waals surface area contributed by atoms with Crippen LogP contribution >= 0.6 is 0 Å². The molecule has 380 valence electrons. The lowest BCUT2D eigenvalue weighted by atomic mass is 10.0. The average Bonchev–Trinajstić information content (AvgIpc) is 3.30. The molecule has 0 saturated carbocycles. The smallest absolute Gasteiger partial charge is 0.306 e. The van der Waals surface area contributed by atoms with Crippen LogP contribution in [0.2, 0.25) is 0 Å². The van der Waals surface area contributed by atoms with Crippen molar-refractivity contribution in [2.45, 2.75) is 309 Å². The molecule has 6 nitrogen and oxygen atoms in total. The summed E-state index contributed by atoms with van der Waals surface area (Å²) in [6.45, 7) is 6.60. The van der Waals surface area contributed by atoms with E-state index in [4.69, 9.17) is 14.2 Å². The molecule has 0 N–H and O–H groups in total. The summed E-state index contributed by atoms with van der Waals surface area (Å²) in [6.07, 6.45) is 64.3. The summed E-state index contributed by atoms with van der Waals surface area (Å²) in [5.74, 6) is -0.897. The van der Waals surface area contributed by atoms with E-state index in [0.717, 1.165) is 70.6 Å². The largest absolute Gasteiger partial charge is 0.462 e. The standard InChI is InChI=1S/C59H108O6/c1-4-7-10-13-16-19-22-24-26-28-29-31-32-34-37-40-43-46-49-52-58(61)64-55-56(54-63-57(60)51-48-45-42-39-36-21-18-15-12-9-6-3)65-59(62)53-50-47-44-41-38-35-33-30-27-25-23-20-17-14-11-8-5-2/h15,18,21,28-29,36,56H,4-14,16-17,19-20,22-27,30-35,37-55H2,1-3H3/b18-15-,29-28-,36-21-. The van der Waals surface area contributed by atoms with Crippen LogP contribution in [0.4, 0.5) is 0 Å². The van der Waals surface area contributed by atoms with Gasteiger partial charge in [-0.05, 0) is 64.2 Å².